The van der Waals surface area contributed by atoms with E-state index in [1.54, 1.807) is 13.3 Å². The molecule has 0 radical (unpaired) electrons. The lowest BCUT2D eigenvalue weighted by atomic mass is 10.1. The Labute approximate surface area is 229 Å². The van der Waals surface area contributed by atoms with Gasteiger partial charge < -0.3 is 14.6 Å². The summed E-state index contributed by atoms with van der Waals surface area (Å²) in [7, 11) is 1.62. The number of ketones is 1. The summed E-state index contributed by atoms with van der Waals surface area (Å²) in [4.78, 5) is 42.5. The molecule has 1 aliphatic heterocycles. The summed E-state index contributed by atoms with van der Waals surface area (Å²) in [5.41, 5.74) is 3.47. The van der Waals surface area contributed by atoms with Crippen molar-refractivity contribution in [2.45, 2.75) is 38.6 Å². The molecule has 39 heavy (non-hydrogen) atoms. The highest BCUT2D eigenvalue weighted by Gasteiger charge is 2.33. The summed E-state index contributed by atoms with van der Waals surface area (Å²) in [5, 5.41) is 1.01. The lowest BCUT2D eigenvalue weighted by Crippen LogP contribution is -2.51. The number of ether oxygens (including phenoxy) is 1. The van der Waals surface area contributed by atoms with E-state index in [0.717, 1.165) is 53.1 Å². The summed E-state index contributed by atoms with van der Waals surface area (Å²) in [6.45, 7) is 4.76. The molecule has 1 N–H and O–H groups in total. The summed E-state index contributed by atoms with van der Waals surface area (Å²) in [6.07, 6.45) is 4.13. The second-order valence-electron chi connectivity index (χ2n) is 9.98. The average Bonchev–Trinajstić information content (AvgIpc) is 3.47. The van der Waals surface area contributed by atoms with E-state index in [-0.39, 0.29) is 17.7 Å². The van der Waals surface area contributed by atoms with Crippen molar-refractivity contribution in [3.63, 3.8) is 0 Å². The van der Waals surface area contributed by atoms with Crippen LogP contribution in [0.1, 0.15) is 43.6 Å². The highest BCUT2D eigenvalue weighted by atomic mass is 16.5. The van der Waals surface area contributed by atoms with Crippen LogP contribution in [0.5, 0.6) is 5.88 Å². The van der Waals surface area contributed by atoms with Gasteiger partial charge in [0.05, 0.1) is 36.5 Å². The number of hydrogen-bond acceptors (Lipinski definition) is 6. The van der Waals surface area contributed by atoms with Gasteiger partial charge in [0.15, 0.2) is 0 Å². The Morgan fingerprint density at radius 3 is 2.67 bits per heavy atom. The fraction of sp³-hybridized carbons (Fsp3) is 0.355. The number of nitrogens with one attached hydrogen (secondary N) is 1. The molecule has 1 aliphatic rings. The first kappa shape index (κ1) is 26.6. The van der Waals surface area contributed by atoms with Gasteiger partial charge >= 0.3 is 0 Å². The molecule has 1 unspecified atom stereocenters. The Kier molecular flexibility index (Phi) is 8.32. The highest BCUT2D eigenvalue weighted by Crippen LogP contribution is 2.32. The van der Waals surface area contributed by atoms with Crippen molar-refractivity contribution >= 4 is 22.6 Å². The molecule has 0 bridgehead atoms. The lowest BCUT2D eigenvalue weighted by Gasteiger charge is -2.40. The van der Waals surface area contributed by atoms with Crippen molar-refractivity contribution in [1.82, 2.24) is 24.8 Å². The van der Waals surface area contributed by atoms with Crippen LogP contribution in [0.25, 0.3) is 22.2 Å². The Morgan fingerprint density at radius 2 is 1.87 bits per heavy atom. The number of Topliss-reactive ketones (excluding diaryl/α,β-unsaturated/α-hetero) is 1. The molecule has 8 nitrogen and oxygen atoms in total. The normalized spacial score (nSPS) is 15.9. The first-order chi connectivity index (χ1) is 19.1. The molecule has 1 saturated heterocycles. The number of pyridine rings is 1. The molecular formula is C31H35N5O3. The summed E-state index contributed by atoms with van der Waals surface area (Å²) in [6, 6.07) is 19.6. The third kappa shape index (κ3) is 6.17. The van der Waals surface area contributed by atoms with Crippen LogP contribution in [0.15, 0.2) is 66.9 Å². The zero-order valence-electron chi connectivity index (χ0n) is 22.6. The molecule has 0 aliphatic carbocycles. The van der Waals surface area contributed by atoms with E-state index in [1.165, 1.54) is 0 Å². The second kappa shape index (κ2) is 12.2. The van der Waals surface area contributed by atoms with Gasteiger partial charge in [-0.3, -0.25) is 14.5 Å². The number of H-pyrrole nitrogens is 1. The van der Waals surface area contributed by atoms with Crippen LogP contribution in [0, 0.1) is 0 Å². The Morgan fingerprint density at radius 1 is 1.08 bits per heavy atom. The third-order valence-corrected chi connectivity index (χ3v) is 7.39. The number of piperazine rings is 1. The van der Waals surface area contributed by atoms with Gasteiger partial charge in [-0.1, -0.05) is 55.5 Å². The van der Waals surface area contributed by atoms with Gasteiger partial charge in [0, 0.05) is 37.9 Å². The minimum absolute atomic E-state index is 0.0786. The summed E-state index contributed by atoms with van der Waals surface area (Å²) in [5.74, 6) is 1.62. The molecule has 3 heterocycles. The average molecular weight is 526 g/mol. The van der Waals surface area contributed by atoms with Crippen LogP contribution < -0.4 is 4.74 Å². The van der Waals surface area contributed by atoms with E-state index < -0.39 is 0 Å². The molecule has 8 heteroatoms. The van der Waals surface area contributed by atoms with Gasteiger partial charge in [-0.25, -0.2) is 9.97 Å². The Balaban J connectivity index is 1.41. The van der Waals surface area contributed by atoms with Crippen molar-refractivity contribution in [3.8, 4) is 17.1 Å². The van der Waals surface area contributed by atoms with E-state index in [4.69, 9.17) is 9.72 Å². The van der Waals surface area contributed by atoms with Crippen molar-refractivity contribution in [1.29, 1.82) is 0 Å². The number of aromatic nitrogens is 3. The molecule has 0 saturated carbocycles. The molecule has 5 rings (SSSR count). The molecule has 1 amide bonds. The zero-order chi connectivity index (χ0) is 27.2. The number of carbonyl (C=O) groups excluding carboxylic acids is 2. The van der Waals surface area contributed by atoms with Gasteiger partial charge in [0.25, 0.3) is 0 Å². The van der Waals surface area contributed by atoms with Crippen LogP contribution in [0.3, 0.4) is 0 Å². The van der Waals surface area contributed by atoms with Gasteiger partial charge in [0.1, 0.15) is 17.6 Å². The van der Waals surface area contributed by atoms with Gasteiger partial charge in [-0.15, -0.1) is 0 Å². The molecular weight excluding hydrogens is 490 g/mol. The third-order valence-electron chi connectivity index (χ3n) is 7.39. The maximum atomic E-state index is 13.5. The molecule has 1 atom stereocenters. The SMILES string of the molecule is CCC(=O)CCCN1CCN(C(=O)Cc2ccccc2)C(c2ncc(-c3cc4ccccc4nc3OC)[nH]2)C1. The number of fused-ring (bicyclic) bond motifs is 1. The van der Waals surface area contributed by atoms with Crippen LogP contribution >= 0.6 is 0 Å². The topological polar surface area (TPSA) is 91.4 Å². The van der Waals surface area contributed by atoms with Crippen LogP contribution in [0.2, 0.25) is 0 Å². The van der Waals surface area contributed by atoms with Gasteiger partial charge in [-0.05, 0) is 30.7 Å². The van der Waals surface area contributed by atoms with E-state index >= 15 is 0 Å². The van der Waals surface area contributed by atoms with E-state index in [2.05, 4.69) is 20.9 Å². The van der Waals surface area contributed by atoms with E-state index in [9.17, 15) is 9.59 Å². The molecule has 0 spiro atoms. The first-order valence-electron chi connectivity index (χ1n) is 13.6. The number of amides is 1. The first-order valence-corrected chi connectivity index (χ1v) is 13.6. The Bertz CT molecular complexity index is 1430. The molecule has 202 valence electrons. The van der Waals surface area contributed by atoms with Gasteiger partial charge in [-0.2, -0.15) is 0 Å². The quantitative estimate of drug-likeness (QED) is 0.319. The number of hydrogen-bond donors (Lipinski definition) is 1. The van der Waals surface area contributed by atoms with E-state index in [0.29, 0.717) is 38.2 Å². The second-order valence-corrected chi connectivity index (χ2v) is 9.98. The van der Waals surface area contributed by atoms with Crippen LogP contribution in [-0.4, -0.2) is 69.7 Å². The minimum atomic E-state index is -0.231. The van der Waals surface area contributed by atoms with Crippen LogP contribution in [0.4, 0.5) is 0 Å². The fourth-order valence-corrected chi connectivity index (χ4v) is 5.21. The standard InChI is InChI=1S/C31H35N5O3/c1-3-24(37)13-9-15-35-16-17-36(29(38)18-22-10-5-4-6-11-22)28(21-35)30-32-20-27(33-30)25-19-23-12-7-8-14-26(23)34-31(25)39-2/h4-8,10-12,14,19-20,28H,3,9,13,15-18,21H2,1-2H3,(H,32,33). The van der Waals surface area contributed by atoms with Crippen LogP contribution in [-0.2, 0) is 16.0 Å². The lowest BCUT2D eigenvalue weighted by molar-refractivity contribution is -0.135. The number of methoxy groups -OCH3 is 1. The zero-order valence-corrected chi connectivity index (χ0v) is 22.6. The maximum Gasteiger partial charge on any atom is 0.227 e. The highest BCUT2D eigenvalue weighted by molar-refractivity contribution is 5.85. The molecule has 1 fully saturated rings. The predicted octanol–water partition coefficient (Wildman–Crippen LogP) is 4.82. The molecule has 4 aromatic rings. The summed E-state index contributed by atoms with van der Waals surface area (Å²) < 4.78 is 5.62. The monoisotopic (exact) mass is 525 g/mol. The largest absolute Gasteiger partial charge is 0.480 e. The van der Waals surface area contributed by atoms with Gasteiger partial charge in [0.2, 0.25) is 11.8 Å². The fourth-order valence-electron chi connectivity index (χ4n) is 5.21. The number of benzene rings is 2. The van der Waals surface area contributed by atoms with Crippen molar-refractivity contribution < 1.29 is 14.3 Å². The number of imidazole rings is 1. The predicted molar refractivity (Wildman–Crippen MR) is 151 cm³/mol. The number of rotatable bonds is 10. The number of nitrogens with zero attached hydrogens (tertiary/aromatic N) is 4. The Hall–Kier alpha value is -4.04. The van der Waals surface area contributed by atoms with Crippen molar-refractivity contribution in [3.05, 3.63) is 78.2 Å². The van der Waals surface area contributed by atoms with Crippen molar-refractivity contribution in [2.75, 3.05) is 33.3 Å². The summed E-state index contributed by atoms with van der Waals surface area (Å²) >= 11 is 0. The maximum absolute atomic E-state index is 13.5. The van der Waals surface area contributed by atoms with E-state index in [1.807, 2.05) is 66.4 Å². The van der Waals surface area contributed by atoms with Crippen molar-refractivity contribution in [2.24, 2.45) is 0 Å². The molecule has 2 aromatic heterocycles. The number of para-hydroxylation sites is 1. The number of aromatic amines is 1. The molecule has 2 aromatic carbocycles. The number of carbonyl (C=O) groups is 2. The smallest absolute Gasteiger partial charge is 0.227 e. The minimum Gasteiger partial charge on any atom is -0.480 e.